The summed E-state index contributed by atoms with van der Waals surface area (Å²) in [7, 11) is 0. The number of carboxylic acid groups (broad SMARTS) is 1. The maximum Gasteiger partial charge on any atom is 0.230 e. The maximum atomic E-state index is 12.4. The van der Waals surface area contributed by atoms with Crippen molar-refractivity contribution in [2.24, 2.45) is 5.92 Å². The molecule has 0 heterocycles. The number of hydrogen-bond donors (Lipinski definition) is 2. The number of carbonyl (C=O) groups is 2. The van der Waals surface area contributed by atoms with Crippen molar-refractivity contribution < 1.29 is 20.0 Å². The van der Waals surface area contributed by atoms with Gasteiger partial charge >= 0.3 is 0 Å². The van der Waals surface area contributed by atoms with Gasteiger partial charge in [-0.15, -0.1) is 0 Å². The van der Waals surface area contributed by atoms with Crippen LogP contribution in [0.4, 0.5) is 5.69 Å². The van der Waals surface area contributed by atoms with Gasteiger partial charge in [0, 0.05) is 17.0 Å². The van der Waals surface area contributed by atoms with E-state index in [9.17, 15) is 14.7 Å². The molecule has 0 aliphatic heterocycles. The Kier molecular flexibility index (Phi) is 8.27. The Labute approximate surface area is 161 Å². The molecule has 5 heteroatoms. The van der Waals surface area contributed by atoms with Crippen LogP contribution in [0.15, 0.2) is 42.5 Å². The molecule has 2 atom stereocenters. The first-order valence-electron chi connectivity index (χ1n) is 9.86. The highest BCUT2D eigenvalue weighted by molar-refractivity contribution is 6.02. The van der Waals surface area contributed by atoms with Crippen LogP contribution >= 0.6 is 0 Å². The van der Waals surface area contributed by atoms with Crippen molar-refractivity contribution in [2.75, 3.05) is 11.9 Å². The first-order valence-corrected chi connectivity index (χ1v) is 9.86. The molecule has 0 saturated carbocycles. The molecular weight excluding hydrogens is 340 g/mol. The van der Waals surface area contributed by atoms with Gasteiger partial charge in [-0.25, -0.2) is 0 Å². The first kappa shape index (κ1) is 20.9. The number of fused-ring (bicyclic) bond motifs is 1. The van der Waals surface area contributed by atoms with Crippen molar-refractivity contribution in [3.63, 3.8) is 0 Å². The van der Waals surface area contributed by atoms with Crippen LogP contribution in [0, 0.1) is 5.92 Å². The normalized spacial score (nSPS) is 13.3. The fourth-order valence-corrected chi connectivity index (χ4v) is 3.34. The summed E-state index contributed by atoms with van der Waals surface area (Å²) >= 11 is 0. The van der Waals surface area contributed by atoms with E-state index in [1.807, 2.05) is 42.5 Å². The quantitative estimate of drug-likeness (QED) is 0.635. The Morgan fingerprint density at radius 1 is 1.11 bits per heavy atom. The Hall–Kier alpha value is -2.40. The second kappa shape index (κ2) is 10.7. The molecule has 0 saturated heterocycles. The number of nitrogens with two attached hydrogens (primary N) is 1. The molecule has 146 valence electrons. The van der Waals surface area contributed by atoms with Crippen LogP contribution in [-0.2, 0) is 9.59 Å². The third-order valence-electron chi connectivity index (χ3n) is 5.07. The molecule has 0 radical (unpaired) electrons. The average molecular weight is 370 g/mol. The van der Waals surface area contributed by atoms with Crippen molar-refractivity contribution in [3.8, 4) is 0 Å². The number of amides is 1. The number of benzene rings is 2. The lowest BCUT2D eigenvalue weighted by Crippen LogP contribution is -2.94. The van der Waals surface area contributed by atoms with Gasteiger partial charge in [0.15, 0.2) is 0 Å². The summed E-state index contributed by atoms with van der Waals surface area (Å²) in [6, 6.07) is 12.6. The Balaban J connectivity index is 1.97. The Bertz CT molecular complexity index is 755. The number of unbranched alkanes of at least 4 members (excludes halogenated alkanes) is 1. The summed E-state index contributed by atoms with van der Waals surface area (Å²) in [5.41, 5.74) is 0.699. The highest BCUT2D eigenvalue weighted by atomic mass is 16.4. The standard InChI is InChI=1S/C22H30N2O3/c1-3-5-9-16(4-2)15-23-20(22(26)27)14-21(25)24-19-13-8-11-17-10-6-7-12-18(17)19/h6-8,10-13,16,20,23H,3-5,9,14-15H2,1-2H3,(H,24,25)(H,26,27)/t16-,20-/m1/s1. The summed E-state index contributed by atoms with van der Waals surface area (Å²) in [4.78, 5) is 23.9. The maximum absolute atomic E-state index is 12.4. The third kappa shape index (κ3) is 6.36. The minimum atomic E-state index is -1.19. The van der Waals surface area contributed by atoms with Gasteiger partial charge in [-0.1, -0.05) is 63.1 Å². The number of anilines is 1. The smallest absolute Gasteiger partial charge is 0.230 e. The Morgan fingerprint density at radius 2 is 1.85 bits per heavy atom. The zero-order valence-electron chi connectivity index (χ0n) is 16.2. The van der Waals surface area contributed by atoms with Crippen molar-refractivity contribution >= 4 is 28.3 Å². The molecule has 2 aromatic rings. The van der Waals surface area contributed by atoms with E-state index in [4.69, 9.17) is 0 Å². The topological polar surface area (TPSA) is 85.8 Å². The molecule has 0 aliphatic carbocycles. The van der Waals surface area contributed by atoms with Crippen LogP contribution in [0.1, 0.15) is 46.0 Å². The lowest BCUT2D eigenvalue weighted by atomic mass is 9.99. The molecule has 27 heavy (non-hydrogen) atoms. The molecule has 3 N–H and O–H groups in total. The van der Waals surface area contributed by atoms with Crippen LogP contribution in [0.25, 0.3) is 10.8 Å². The zero-order valence-corrected chi connectivity index (χ0v) is 16.2. The molecule has 0 bridgehead atoms. The fraction of sp³-hybridized carbons (Fsp3) is 0.455. The van der Waals surface area contributed by atoms with Crippen molar-refractivity contribution in [1.82, 2.24) is 0 Å². The van der Waals surface area contributed by atoms with E-state index in [0.717, 1.165) is 36.5 Å². The van der Waals surface area contributed by atoms with E-state index >= 15 is 0 Å². The van der Waals surface area contributed by atoms with Gasteiger partial charge < -0.3 is 20.5 Å². The van der Waals surface area contributed by atoms with Gasteiger partial charge in [-0.3, -0.25) is 4.79 Å². The predicted octanol–water partition coefficient (Wildman–Crippen LogP) is 2.07. The van der Waals surface area contributed by atoms with E-state index in [1.165, 1.54) is 0 Å². The molecule has 0 spiro atoms. The van der Waals surface area contributed by atoms with E-state index in [2.05, 4.69) is 19.2 Å². The molecule has 5 nitrogen and oxygen atoms in total. The number of nitrogens with one attached hydrogen (secondary N) is 1. The molecule has 0 aromatic heterocycles. The summed E-state index contributed by atoms with van der Waals surface area (Å²) in [6.07, 6.45) is 4.28. The molecule has 2 aromatic carbocycles. The van der Waals surface area contributed by atoms with Gasteiger partial charge in [0.2, 0.25) is 5.91 Å². The summed E-state index contributed by atoms with van der Waals surface area (Å²) < 4.78 is 0. The van der Waals surface area contributed by atoms with E-state index in [-0.39, 0.29) is 12.3 Å². The van der Waals surface area contributed by atoms with E-state index in [1.54, 1.807) is 5.32 Å². The van der Waals surface area contributed by atoms with Crippen LogP contribution in [-0.4, -0.2) is 24.5 Å². The Morgan fingerprint density at radius 3 is 2.56 bits per heavy atom. The van der Waals surface area contributed by atoms with Crippen LogP contribution in [0.3, 0.4) is 0 Å². The van der Waals surface area contributed by atoms with Crippen LogP contribution < -0.4 is 15.7 Å². The SMILES string of the molecule is CCCC[C@@H](CC)C[NH2+][C@H](CC(=O)Nc1cccc2ccccc12)C(=O)[O-]. The molecule has 0 aliphatic rings. The highest BCUT2D eigenvalue weighted by Gasteiger charge is 2.20. The minimum Gasteiger partial charge on any atom is -0.544 e. The minimum absolute atomic E-state index is 0.101. The number of rotatable bonds is 11. The predicted molar refractivity (Wildman–Crippen MR) is 106 cm³/mol. The van der Waals surface area contributed by atoms with Crippen LogP contribution in [0.2, 0.25) is 0 Å². The lowest BCUT2D eigenvalue weighted by molar-refractivity contribution is -0.687. The lowest BCUT2D eigenvalue weighted by Gasteiger charge is -2.20. The molecule has 0 unspecified atom stereocenters. The number of aliphatic carboxylic acids is 1. The van der Waals surface area contributed by atoms with Crippen molar-refractivity contribution in [1.29, 1.82) is 0 Å². The van der Waals surface area contributed by atoms with Gasteiger partial charge in [0.1, 0.15) is 6.04 Å². The van der Waals surface area contributed by atoms with Gasteiger partial charge in [-0.05, 0) is 24.3 Å². The second-order valence-corrected chi connectivity index (χ2v) is 7.09. The van der Waals surface area contributed by atoms with E-state index < -0.39 is 12.0 Å². The van der Waals surface area contributed by atoms with Gasteiger partial charge in [-0.2, -0.15) is 0 Å². The molecular formula is C22H30N2O3. The van der Waals surface area contributed by atoms with Gasteiger partial charge in [0.25, 0.3) is 0 Å². The van der Waals surface area contributed by atoms with Crippen molar-refractivity contribution in [2.45, 2.75) is 52.0 Å². The molecule has 2 rings (SSSR count). The van der Waals surface area contributed by atoms with Crippen LogP contribution in [0.5, 0.6) is 0 Å². The first-order chi connectivity index (χ1) is 13.0. The third-order valence-corrected chi connectivity index (χ3v) is 5.07. The largest absolute Gasteiger partial charge is 0.544 e. The summed E-state index contributed by atoms with van der Waals surface area (Å²) in [5.74, 6) is -1.03. The zero-order chi connectivity index (χ0) is 19.6. The summed E-state index contributed by atoms with van der Waals surface area (Å²) in [5, 5.41) is 18.1. The van der Waals surface area contributed by atoms with Crippen molar-refractivity contribution in [3.05, 3.63) is 42.5 Å². The number of hydrogen-bond acceptors (Lipinski definition) is 3. The second-order valence-electron chi connectivity index (χ2n) is 7.09. The number of quaternary nitrogens is 1. The highest BCUT2D eigenvalue weighted by Crippen LogP contribution is 2.23. The molecule has 0 fully saturated rings. The number of carbonyl (C=O) groups excluding carboxylic acids is 2. The van der Waals surface area contributed by atoms with Gasteiger partial charge in [0.05, 0.1) is 18.9 Å². The fourth-order valence-electron chi connectivity index (χ4n) is 3.34. The average Bonchev–Trinajstić information content (AvgIpc) is 2.67. The number of carboxylic acids is 1. The summed E-state index contributed by atoms with van der Waals surface area (Å²) in [6.45, 7) is 4.98. The van der Waals surface area contributed by atoms with E-state index in [0.29, 0.717) is 18.2 Å². The monoisotopic (exact) mass is 370 g/mol. The molecule has 1 amide bonds.